The third-order valence-corrected chi connectivity index (χ3v) is 4.29. The van der Waals surface area contributed by atoms with Crippen molar-refractivity contribution in [2.24, 2.45) is 0 Å². The Morgan fingerprint density at radius 3 is 2.64 bits per heavy atom. The van der Waals surface area contributed by atoms with Gasteiger partial charge in [0.25, 0.3) is 5.56 Å². The highest BCUT2D eigenvalue weighted by Crippen LogP contribution is 2.35. The normalized spacial score (nSPS) is 26.4. The van der Waals surface area contributed by atoms with Crippen molar-refractivity contribution in [1.29, 1.82) is 0 Å². The summed E-state index contributed by atoms with van der Waals surface area (Å²) in [7, 11) is 0. The van der Waals surface area contributed by atoms with E-state index in [0.29, 0.717) is 11.4 Å². The molecule has 0 spiro atoms. The van der Waals surface area contributed by atoms with Crippen LogP contribution in [0.4, 0.5) is 0 Å². The van der Waals surface area contributed by atoms with Crippen molar-refractivity contribution >= 4 is 11.2 Å². The Balaban J connectivity index is 1.96. The standard InChI is InChI=1S/C16H16N4O5/c21-6-9-11(22)12(23)16(25-9)20-13(8-4-2-1-3-5-8)19-10-14(20)17-7-18-15(10)24/h1-5,7,9,11-12,16,21-23H,6H2,(H,17,18,24). The van der Waals surface area contributed by atoms with E-state index in [4.69, 9.17) is 4.74 Å². The molecular weight excluding hydrogens is 328 g/mol. The molecule has 4 rings (SSSR count). The highest BCUT2D eigenvalue weighted by atomic mass is 16.6. The lowest BCUT2D eigenvalue weighted by Gasteiger charge is -2.19. The van der Waals surface area contributed by atoms with Crippen LogP contribution in [0.15, 0.2) is 41.5 Å². The van der Waals surface area contributed by atoms with E-state index in [0.717, 1.165) is 0 Å². The molecule has 0 radical (unpaired) electrons. The van der Waals surface area contributed by atoms with Gasteiger partial charge in [0.15, 0.2) is 17.4 Å². The van der Waals surface area contributed by atoms with Gasteiger partial charge in [-0.05, 0) is 0 Å². The maximum absolute atomic E-state index is 12.1. The van der Waals surface area contributed by atoms with Gasteiger partial charge in [0.1, 0.15) is 24.1 Å². The Kier molecular flexibility index (Phi) is 3.85. The Labute approximate surface area is 141 Å². The summed E-state index contributed by atoms with van der Waals surface area (Å²) in [6.07, 6.45) is -3.32. The Hall–Kier alpha value is -2.59. The van der Waals surface area contributed by atoms with E-state index >= 15 is 0 Å². The highest BCUT2D eigenvalue weighted by molar-refractivity contribution is 5.76. The molecule has 1 aliphatic heterocycles. The number of nitrogens with zero attached hydrogens (tertiary/aromatic N) is 3. The second-order valence-electron chi connectivity index (χ2n) is 5.80. The summed E-state index contributed by atoms with van der Waals surface area (Å²) in [4.78, 5) is 23.1. The van der Waals surface area contributed by atoms with E-state index in [1.165, 1.54) is 10.9 Å². The van der Waals surface area contributed by atoms with Gasteiger partial charge in [0.2, 0.25) is 0 Å². The van der Waals surface area contributed by atoms with Crippen LogP contribution in [0, 0.1) is 0 Å². The molecule has 1 aliphatic rings. The number of aliphatic hydroxyl groups is 3. The van der Waals surface area contributed by atoms with Crippen LogP contribution in [-0.4, -0.2) is 59.8 Å². The van der Waals surface area contributed by atoms with Gasteiger partial charge in [-0.2, -0.15) is 0 Å². The Morgan fingerprint density at radius 2 is 1.96 bits per heavy atom. The minimum absolute atomic E-state index is 0.0964. The number of aromatic amines is 1. The van der Waals surface area contributed by atoms with Crippen LogP contribution in [-0.2, 0) is 4.74 Å². The van der Waals surface area contributed by atoms with Crippen molar-refractivity contribution in [1.82, 2.24) is 19.5 Å². The third-order valence-electron chi connectivity index (χ3n) is 4.29. The predicted octanol–water partition coefficient (Wildman–Crippen LogP) is -0.602. The van der Waals surface area contributed by atoms with Crippen molar-refractivity contribution < 1.29 is 20.1 Å². The number of hydrogen-bond donors (Lipinski definition) is 4. The Morgan fingerprint density at radius 1 is 1.20 bits per heavy atom. The fourth-order valence-corrected chi connectivity index (χ4v) is 3.05. The van der Waals surface area contributed by atoms with Gasteiger partial charge < -0.3 is 25.0 Å². The van der Waals surface area contributed by atoms with Crippen LogP contribution in [0.1, 0.15) is 6.23 Å². The molecular formula is C16H16N4O5. The van der Waals surface area contributed by atoms with Crippen molar-refractivity contribution in [3.8, 4) is 11.4 Å². The number of aliphatic hydroxyl groups excluding tert-OH is 3. The zero-order valence-electron chi connectivity index (χ0n) is 13.0. The molecule has 4 atom stereocenters. The smallest absolute Gasteiger partial charge is 0.278 e. The van der Waals surface area contributed by atoms with Gasteiger partial charge in [-0.25, -0.2) is 9.97 Å². The van der Waals surface area contributed by atoms with Crippen LogP contribution < -0.4 is 5.56 Å². The van der Waals surface area contributed by atoms with E-state index in [1.54, 1.807) is 12.1 Å². The second kappa shape index (κ2) is 6.05. The maximum atomic E-state index is 12.1. The molecule has 4 unspecified atom stereocenters. The molecule has 4 N–H and O–H groups in total. The monoisotopic (exact) mass is 344 g/mol. The average molecular weight is 344 g/mol. The first-order valence-corrected chi connectivity index (χ1v) is 7.75. The number of rotatable bonds is 3. The van der Waals surface area contributed by atoms with E-state index in [2.05, 4.69) is 15.0 Å². The maximum Gasteiger partial charge on any atom is 0.278 e. The summed E-state index contributed by atoms with van der Waals surface area (Å²) in [6, 6.07) is 9.07. The summed E-state index contributed by atoms with van der Waals surface area (Å²) in [6.45, 7) is -0.448. The molecule has 1 saturated heterocycles. The first-order chi connectivity index (χ1) is 12.1. The largest absolute Gasteiger partial charge is 0.394 e. The van der Waals surface area contributed by atoms with Crippen LogP contribution in [0.2, 0.25) is 0 Å². The minimum Gasteiger partial charge on any atom is -0.394 e. The average Bonchev–Trinajstić information content (AvgIpc) is 3.15. The molecule has 9 nitrogen and oxygen atoms in total. The predicted molar refractivity (Wildman–Crippen MR) is 86.6 cm³/mol. The third kappa shape index (κ3) is 2.45. The molecule has 0 amide bonds. The molecule has 2 aromatic heterocycles. The molecule has 0 bridgehead atoms. The van der Waals surface area contributed by atoms with Gasteiger partial charge in [-0.3, -0.25) is 9.36 Å². The number of hydrogen-bond acceptors (Lipinski definition) is 7. The number of imidazole rings is 1. The first-order valence-electron chi connectivity index (χ1n) is 7.75. The van der Waals surface area contributed by atoms with Crippen LogP contribution in [0.25, 0.3) is 22.6 Å². The molecule has 0 aliphatic carbocycles. The quantitative estimate of drug-likeness (QED) is 0.498. The van der Waals surface area contributed by atoms with E-state index in [1.807, 2.05) is 18.2 Å². The SMILES string of the molecule is O=c1[nH]cnc2c1nc(-c1ccccc1)n2C1OC(CO)C(O)C1O. The highest BCUT2D eigenvalue weighted by Gasteiger charge is 2.45. The molecule has 9 heteroatoms. The molecule has 3 aromatic rings. The van der Waals surface area contributed by atoms with Gasteiger partial charge in [-0.15, -0.1) is 0 Å². The van der Waals surface area contributed by atoms with Gasteiger partial charge in [0.05, 0.1) is 12.9 Å². The summed E-state index contributed by atoms with van der Waals surface area (Å²) in [5, 5.41) is 29.8. The number of benzene rings is 1. The second-order valence-corrected chi connectivity index (χ2v) is 5.80. The van der Waals surface area contributed by atoms with E-state index in [9.17, 15) is 20.1 Å². The number of fused-ring (bicyclic) bond motifs is 1. The van der Waals surface area contributed by atoms with Crippen molar-refractivity contribution in [2.45, 2.75) is 24.5 Å². The van der Waals surface area contributed by atoms with Gasteiger partial charge >= 0.3 is 0 Å². The van der Waals surface area contributed by atoms with Crippen molar-refractivity contribution in [3.05, 3.63) is 47.0 Å². The lowest BCUT2D eigenvalue weighted by Crippen LogP contribution is -2.33. The number of aromatic nitrogens is 4. The van der Waals surface area contributed by atoms with Crippen LogP contribution in [0.5, 0.6) is 0 Å². The van der Waals surface area contributed by atoms with Gasteiger partial charge in [0, 0.05) is 5.56 Å². The fraction of sp³-hybridized carbons (Fsp3) is 0.312. The molecule has 1 aromatic carbocycles. The number of ether oxygens (including phenoxy) is 1. The number of H-pyrrole nitrogens is 1. The van der Waals surface area contributed by atoms with Crippen LogP contribution >= 0.6 is 0 Å². The summed E-state index contributed by atoms with van der Waals surface area (Å²) >= 11 is 0. The van der Waals surface area contributed by atoms with Gasteiger partial charge in [-0.1, -0.05) is 30.3 Å². The summed E-state index contributed by atoms with van der Waals surface area (Å²) in [5.41, 5.74) is 0.585. The zero-order valence-corrected chi connectivity index (χ0v) is 13.0. The molecule has 0 saturated carbocycles. The molecule has 130 valence electrons. The van der Waals surface area contributed by atoms with Crippen molar-refractivity contribution in [2.75, 3.05) is 6.61 Å². The first kappa shape index (κ1) is 15.9. The summed E-state index contributed by atoms with van der Waals surface area (Å²) < 4.78 is 7.09. The zero-order chi connectivity index (χ0) is 17.6. The van der Waals surface area contributed by atoms with E-state index in [-0.39, 0.29) is 11.2 Å². The lowest BCUT2D eigenvalue weighted by molar-refractivity contribution is -0.0503. The fourth-order valence-electron chi connectivity index (χ4n) is 3.05. The molecule has 1 fully saturated rings. The topological polar surface area (TPSA) is 133 Å². The minimum atomic E-state index is -1.31. The summed E-state index contributed by atoms with van der Waals surface area (Å²) in [5.74, 6) is 0.370. The molecule has 25 heavy (non-hydrogen) atoms. The number of nitrogens with one attached hydrogen (secondary N) is 1. The van der Waals surface area contributed by atoms with E-state index < -0.39 is 36.7 Å². The van der Waals surface area contributed by atoms with Crippen molar-refractivity contribution in [3.63, 3.8) is 0 Å². The Bertz CT molecular complexity index is 954. The molecule has 3 heterocycles. The lowest BCUT2D eigenvalue weighted by atomic mass is 10.1. The van der Waals surface area contributed by atoms with Crippen LogP contribution in [0.3, 0.4) is 0 Å².